The number of carbonyl (C=O) groups is 1. The molecule has 0 unspecified atom stereocenters. The molecule has 0 saturated heterocycles. The summed E-state index contributed by atoms with van der Waals surface area (Å²) in [5, 5.41) is 2.96. The first-order valence-electron chi connectivity index (χ1n) is 4.67. The number of nitrogens with one attached hydrogen (secondary N) is 1. The maximum atomic E-state index is 11.0. The molecule has 0 spiro atoms. The van der Waals surface area contributed by atoms with Crippen LogP contribution in [0.25, 0.3) is 0 Å². The number of benzene rings is 1. The SMILES string of the molecule is CC(=O)N[C@@H]1c2ccccc2C[C@@H]1Br. The van der Waals surface area contributed by atoms with Crippen LogP contribution >= 0.6 is 15.9 Å². The van der Waals surface area contributed by atoms with E-state index in [0.29, 0.717) is 4.83 Å². The highest BCUT2D eigenvalue weighted by Crippen LogP contribution is 2.35. The van der Waals surface area contributed by atoms with Gasteiger partial charge in [0.25, 0.3) is 0 Å². The molecule has 1 aliphatic carbocycles. The highest BCUT2D eigenvalue weighted by molar-refractivity contribution is 9.09. The van der Waals surface area contributed by atoms with Crippen molar-refractivity contribution in [3.05, 3.63) is 35.4 Å². The Morgan fingerprint density at radius 1 is 1.50 bits per heavy atom. The van der Waals surface area contributed by atoms with Crippen molar-refractivity contribution < 1.29 is 4.79 Å². The highest BCUT2D eigenvalue weighted by atomic mass is 79.9. The molecule has 0 heterocycles. The Bertz CT molecular complexity index is 364. The lowest BCUT2D eigenvalue weighted by Gasteiger charge is -2.16. The molecule has 0 saturated carbocycles. The van der Waals surface area contributed by atoms with E-state index in [1.165, 1.54) is 11.1 Å². The van der Waals surface area contributed by atoms with Crippen molar-refractivity contribution in [1.29, 1.82) is 0 Å². The van der Waals surface area contributed by atoms with Gasteiger partial charge in [-0.15, -0.1) is 0 Å². The van der Waals surface area contributed by atoms with Crippen molar-refractivity contribution in [2.45, 2.75) is 24.2 Å². The second-order valence-corrected chi connectivity index (χ2v) is 4.77. The Hall–Kier alpha value is -0.830. The molecule has 0 radical (unpaired) electrons. The summed E-state index contributed by atoms with van der Waals surface area (Å²) in [6, 6.07) is 8.37. The molecule has 74 valence electrons. The van der Waals surface area contributed by atoms with Crippen LogP contribution in [0.15, 0.2) is 24.3 Å². The molecule has 2 atom stereocenters. The molecule has 1 aromatic rings. The fourth-order valence-electron chi connectivity index (χ4n) is 1.93. The minimum Gasteiger partial charge on any atom is -0.348 e. The number of fused-ring (bicyclic) bond motifs is 1. The van der Waals surface area contributed by atoms with E-state index in [1.807, 2.05) is 12.1 Å². The van der Waals surface area contributed by atoms with E-state index in [4.69, 9.17) is 0 Å². The molecule has 3 heteroatoms. The minimum atomic E-state index is 0.0242. The van der Waals surface area contributed by atoms with Crippen LogP contribution in [0.5, 0.6) is 0 Å². The molecule has 14 heavy (non-hydrogen) atoms. The van der Waals surface area contributed by atoms with Gasteiger partial charge < -0.3 is 5.32 Å². The molecule has 0 bridgehead atoms. The first kappa shape index (κ1) is 9.71. The Morgan fingerprint density at radius 3 is 2.93 bits per heavy atom. The van der Waals surface area contributed by atoms with Crippen molar-refractivity contribution in [3.8, 4) is 0 Å². The zero-order chi connectivity index (χ0) is 10.1. The van der Waals surface area contributed by atoms with Crippen molar-refractivity contribution in [1.82, 2.24) is 5.32 Å². The zero-order valence-electron chi connectivity index (χ0n) is 7.96. The van der Waals surface area contributed by atoms with Gasteiger partial charge in [0.1, 0.15) is 0 Å². The third-order valence-electron chi connectivity index (χ3n) is 2.53. The summed E-state index contributed by atoms with van der Waals surface area (Å²) >= 11 is 3.60. The third-order valence-corrected chi connectivity index (χ3v) is 3.38. The Kier molecular flexibility index (Phi) is 2.59. The Morgan fingerprint density at radius 2 is 2.21 bits per heavy atom. The van der Waals surface area contributed by atoms with Gasteiger partial charge in [-0.05, 0) is 17.5 Å². The maximum absolute atomic E-state index is 11.0. The molecular formula is C11H12BrNO. The number of hydrogen-bond donors (Lipinski definition) is 1. The normalized spacial score (nSPS) is 24.4. The number of halogens is 1. The summed E-state index contributed by atoms with van der Waals surface area (Å²) in [4.78, 5) is 11.3. The van der Waals surface area contributed by atoms with Gasteiger partial charge in [-0.2, -0.15) is 0 Å². The number of alkyl halides is 1. The topological polar surface area (TPSA) is 29.1 Å². The summed E-state index contributed by atoms with van der Waals surface area (Å²) in [5.74, 6) is 0.0242. The Balaban J connectivity index is 2.30. The van der Waals surface area contributed by atoms with Crippen molar-refractivity contribution >= 4 is 21.8 Å². The molecule has 0 aromatic heterocycles. The molecule has 1 N–H and O–H groups in total. The van der Waals surface area contributed by atoms with E-state index in [1.54, 1.807) is 6.92 Å². The molecule has 0 aliphatic heterocycles. The number of carbonyl (C=O) groups excluding carboxylic acids is 1. The maximum Gasteiger partial charge on any atom is 0.217 e. The second kappa shape index (κ2) is 3.73. The van der Waals surface area contributed by atoms with Crippen molar-refractivity contribution in [2.75, 3.05) is 0 Å². The van der Waals surface area contributed by atoms with Crippen LogP contribution in [0.3, 0.4) is 0 Å². The minimum absolute atomic E-state index is 0.0242. The smallest absolute Gasteiger partial charge is 0.217 e. The van der Waals surface area contributed by atoms with Gasteiger partial charge in [-0.25, -0.2) is 0 Å². The highest BCUT2D eigenvalue weighted by Gasteiger charge is 2.30. The summed E-state index contributed by atoms with van der Waals surface area (Å²) < 4.78 is 0. The lowest BCUT2D eigenvalue weighted by atomic mass is 10.1. The standard InChI is InChI=1S/C11H12BrNO/c1-7(14)13-11-9-5-3-2-4-8(9)6-10(11)12/h2-5,10-11H,6H2,1H3,(H,13,14)/t10-,11+/m0/s1. The van der Waals surface area contributed by atoms with Gasteiger partial charge in [-0.1, -0.05) is 40.2 Å². The molecular weight excluding hydrogens is 242 g/mol. The van der Waals surface area contributed by atoms with E-state index in [9.17, 15) is 4.79 Å². The fraction of sp³-hybridized carbons (Fsp3) is 0.364. The van der Waals surface area contributed by atoms with Crippen LogP contribution in [0.4, 0.5) is 0 Å². The lowest BCUT2D eigenvalue weighted by molar-refractivity contribution is -0.119. The molecule has 0 fully saturated rings. The van der Waals surface area contributed by atoms with Gasteiger partial charge in [0.05, 0.1) is 6.04 Å². The number of hydrogen-bond acceptors (Lipinski definition) is 1. The van der Waals surface area contributed by atoms with E-state index < -0.39 is 0 Å². The van der Waals surface area contributed by atoms with Crippen LogP contribution < -0.4 is 5.32 Å². The van der Waals surface area contributed by atoms with Gasteiger partial charge in [0, 0.05) is 11.8 Å². The monoisotopic (exact) mass is 253 g/mol. The fourth-order valence-corrected chi connectivity index (χ4v) is 2.70. The lowest BCUT2D eigenvalue weighted by Crippen LogP contribution is -2.29. The first-order valence-corrected chi connectivity index (χ1v) is 5.59. The molecule has 2 nitrogen and oxygen atoms in total. The van der Waals surface area contributed by atoms with Crippen LogP contribution in [-0.4, -0.2) is 10.7 Å². The van der Waals surface area contributed by atoms with Crippen LogP contribution in [0.1, 0.15) is 24.1 Å². The van der Waals surface area contributed by atoms with Crippen molar-refractivity contribution in [2.24, 2.45) is 0 Å². The molecule has 1 aliphatic rings. The van der Waals surface area contributed by atoms with E-state index >= 15 is 0 Å². The van der Waals surface area contributed by atoms with Crippen LogP contribution in [0.2, 0.25) is 0 Å². The van der Waals surface area contributed by atoms with Crippen molar-refractivity contribution in [3.63, 3.8) is 0 Å². The van der Waals surface area contributed by atoms with E-state index in [0.717, 1.165) is 6.42 Å². The number of amides is 1. The van der Waals surface area contributed by atoms with E-state index in [2.05, 4.69) is 33.4 Å². The average molecular weight is 254 g/mol. The van der Waals surface area contributed by atoms with Gasteiger partial charge in [0.15, 0.2) is 0 Å². The zero-order valence-corrected chi connectivity index (χ0v) is 9.54. The predicted molar refractivity (Wildman–Crippen MR) is 59.4 cm³/mol. The molecule has 1 amide bonds. The van der Waals surface area contributed by atoms with Crippen LogP contribution in [-0.2, 0) is 11.2 Å². The summed E-state index contributed by atoms with van der Waals surface area (Å²) in [6.45, 7) is 1.56. The van der Waals surface area contributed by atoms with Gasteiger partial charge >= 0.3 is 0 Å². The second-order valence-electron chi connectivity index (χ2n) is 3.60. The number of rotatable bonds is 1. The summed E-state index contributed by atoms with van der Waals surface area (Å²) in [6.07, 6.45) is 0.987. The summed E-state index contributed by atoms with van der Waals surface area (Å²) in [5.41, 5.74) is 2.57. The van der Waals surface area contributed by atoms with Gasteiger partial charge in [0.2, 0.25) is 5.91 Å². The average Bonchev–Trinajstić information content (AvgIpc) is 2.43. The molecule has 2 rings (SSSR count). The van der Waals surface area contributed by atoms with Crippen LogP contribution in [0, 0.1) is 0 Å². The Labute approximate surface area is 91.8 Å². The quantitative estimate of drug-likeness (QED) is 0.764. The predicted octanol–water partition coefficient (Wildman–Crippen LogP) is 2.18. The first-order chi connectivity index (χ1) is 6.68. The van der Waals surface area contributed by atoms with E-state index in [-0.39, 0.29) is 11.9 Å². The largest absolute Gasteiger partial charge is 0.348 e. The third kappa shape index (κ3) is 1.69. The molecule has 1 aromatic carbocycles. The summed E-state index contributed by atoms with van der Waals surface area (Å²) in [7, 11) is 0. The van der Waals surface area contributed by atoms with Gasteiger partial charge in [-0.3, -0.25) is 4.79 Å².